The number of carbonyl (C=O) groups excluding carboxylic acids is 2. The van der Waals surface area contributed by atoms with Gasteiger partial charge < -0.3 is 29.6 Å². The summed E-state index contributed by atoms with van der Waals surface area (Å²) in [6.45, 7) is 4.86. The zero-order valence-electron chi connectivity index (χ0n) is 16.6. The number of ether oxygens (including phenoxy) is 2. The van der Waals surface area contributed by atoms with Crippen molar-refractivity contribution in [2.75, 3.05) is 0 Å². The summed E-state index contributed by atoms with van der Waals surface area (Å²) < 4.78 is 16.0. The number of nitrogens with one attached hydrogen (secondary N) is 1. The van der Waals surface area contributed by atoms with Gasteiger partial charge in [-0.15, -0.1) is 0 Å². The summed E-state index contributed by atoms with van der Waals surface area (Å²) >= 11 is 0. The number of hydrogen-bond donors (Lipinski definition) is 3. The van der Waals surface area contributed by atoms with Crippen molar-refractivity contribution in [3.05, 3.63) is 29.3 Å². The molecule has 0 fully saturated rings. The third kappa shape index (κ3) is 6.19. The molecule has 0 aromatic heterocycles. The van der Waals surface area contributed by atoms with Crippen molar-refractivity contribution in [3.8, 4) is 11.8 Å². The highest BCUT2D eigenvalue weighted by Crippen LogP contribution is 2.34. The van der Waals surface area contributed by atoms with Crippen LogP contribution in [0.3, 0.4) is 0 Å². The molecule has 0 saturated heterocycles. The Morgan fingerprint density at radius 1 is 1.41 bits per heavy atom. The molecule has 2 unspecified atom stereocenters. The van der Waals surface area contributed by atoms with E-state index in [2.05, 4.69) is 5.32 Å². The molecule has 3 atom stereocenters. The number of carbonyl (C=O) groups is 2. The SMILES string of the molecule is CC(OC(=O)C(C)C)OC(O)c1cccc2c1OB(O)[C@@H](NC(=O)CCC#N)C2. The largest absolute Gasteiger partial charge is 0.547 e. The van der Waals surface area contributed by atoms with E-state index < -0.39 is 31.6 Å². The minimum atomic E-state index is -1.45. The second kappa shape index (κ2) is 10.3. The molecule has 0 aliphatic carbocycles. The maximum atomic E-state index is 11.8. The van der Waals surface area contributed by atoms with Crippen molar-refractivity contribution in [3.63, 3.8) is 0 Å². The van der Waals surface area contributed by atoms with Gasteiger partial charge in [-0.25, -0.2) is 0 Å². The fourth-order valence-electron chi connectivity index (χ4n) is 2.80. The third-order valence-corrected chi connectivity index (χ3v) is 4.30. The molecule has 3 N–H and O–H groups in total. The van der Waals surface area contributed by atoms with Crippen molar-refractivity contribution >= 4 is 19.0 Å². The van der Waals surface area contributed by atoms with Crippen LogP contribution in [0.15, 0.2) is 18.2 Å². The van der Waals surface area contributed by atoms with E-state index in [-0.39, 0.29) is 42.4 Å². The van der Waals surface area contributed by atoms with E-state index in [4.69, 9.17) is 19.4 Å². The highest BCUT2D eigenvalue weighted by atomic mass is 16.7. The smallest absolute Gasteiger partial charge is 0.534 e. The fraction of sp³-hybridized carbons (Fsp3) is 0.526. The number of aliphatic hydroxyl groups excluding tert-OH is 1. The van der Waals surface area contributed by atoms with Gasteiger partial charge in [-0.05, 0) is 18.9 Å². The lowest BCUT2D eigenvalue weighted by atomic mass is 9.72. The molecule has 0 bridgehead atoms. The minimum absolute atomic E-state index is 0.0339. The molecule has 2 rings (SSSR count). The molecule has 1 amide bonds. The molecule has 29 heavy (non-hydrogen) atoms. The molecule has 0 spiro atoms. The molecular weight excluding hydrogens is 379 g/mol. The number of aliphatic hydroxyl groups is 1. The Labute approximate surface area is 169 Å². The molecule has 1 aliphatic heterocycles. The second-order valence-electron chi connectivity index (χ2n) is 7.03. The Hall–Kier alpha value is -2.61. The number of nitriles is 1. The van der Waals surface area contributed by atoms with Crippen LogP contribution in [0.25, 0.3) is 0 Å². The first-order chi connectivity index (χ1) is 13.7. The molecule has 1 heterocycles. The topological polar surface area (TPSA) is 138 Å². The lowest BCUT2D eigenvalue weighted by Gasteiger charge is -2.30. The molecule has 0 radical (unpaired) electrons. The average molecular weight is 404 g/mol. The number of fused-ring (bicyclic) bond motifs is 1. The van der Waals surface area contributed by atoms with Gasteiger partial charge >= 0.3 is 13.1 Å². The van der Waals surface area contributed by atoms with E-state index in [1.165, 1.54) is 6.92 Å². The summed E-state index contributed by atoms with van der Waals surface area (Å²) in [5.41, 5.74) is 0.927. The zero-order valence-corrected chi connectivity index (χ0v) is 16.6. The minimum Gasteiger partial charge on any atom is -0.534 e. The molecular formula is C19H25BN2O7. The number of rotatable bonds is 8. The Morgan fingerprint density at radius 3 is 2.79 bits per heavy atom. The molecule has 1 aromatic carbocycles. The van der Waals surface area contributed by atoms with Crippen molar-refractivity contribution in [2.24, 2.45) is 5.92 Å². The first kappa shape index (κ1) is 22.7. The maximum Gasteiger partial charge on any atom is 0.547 e. The lowest BCUT2D eigenvalue weighted by Crippen LogP contribution is -2.53. The first-order valence-electron chi connectivity index (χ1n) is 9.39. The number of benzene rings is 1. The van der Waals surface area contributed by atoms with Gasteiger partial charge in [0.15, 0.2) is 6.29 Å². The molecule has 10 heteroatoms. The van der Waals surface area contributed by atoms with Gasteiger partial charge in [-0.2, -0.15) is 5.26 Å². The van der Waals surface area contributed by atoms with Gasteiger partial charge in [0.25, 0.3) is 0 Å². The number of hydrogen-bond acceptors (Lipinski definition) is 8. The predicted octanol–water partition coefficient (Wildman–Crippen LogP) is 0.982. The van der Waals surface area contributed by atoms with Crippen LogP contribution >= 0.6 is 0 Å². The molecule has 1 aromatic rings. The predicted molar refractivity (Wildman–Crippen MR) is 102 cm³/mol. The van der Waals surface area contributed by atoms with Crippen molar-refractivity contribution in [1.82, 2.24) is 5.32 Å². The normalized spacial score (nSPS) is 17.6. The molecule has 156 valence electrons. The standard InChI is InChI=1S/C19H25BN2O7/c1-11(2)18(24)27-12(3)28-19(25)14-7-4-6-13-10-15(20(26)29-17(13)14)22-16(23)8-5-9-21/h4,6-7,11-12,15,19,25-26H,5,8,10H2,1-3H3,(H,22,23)/t12?,15-,19?/m0/s1. The van der Waals surface area contributed by atoms with Crippen LogP contribution in [0.2, 0.25) is 0 Å². The monoisotopic (exact) mass is 404 g/mol. The number of nitrogens with zero attached hydrogens (tertiary/aromatic N) is 1. The highest BCUT2D eigenvalue weighted by Gasteiger charge is 2.37. The second-order valence-corrected chi connectivity index (χ2v) is 7.03. The van der Waals surface area contributed by atoms with Gasteiger partial charge in [-0.1, -0.05) is 32.0 Å². The Morgan fingerprint density at radius 2 is 2.14 bits per heavy atom. The van der Waals surface area contributed by atoms with Crippen LogP contribution < -0.4 is 9.97 Å². The lowest BCUT2D eigenvalue weighted by molar-refractivity contribution is -0.225. The van der Waals surface area contributed by atoms with Crippen LogP contribution in [0, 0.1) is 17.2 Å². The van der Waals surface area contributed by atoms with Crippen LogP contribution in [-0.4, -0.2) is 41.4 Å². The van der Waals surface area contributed by atoms with Gasteiger partial charge in [0, 0.05) is 18.4 Å². The Balaban J connectivity index is 2.07. The van der Waals surface area contributed by atoms with E-state index in [1.807, 2.05) is 6.07 Å². The number of para-hydroxylation sites is 1. The highest BCUT2D eigenvalue weighted by molar-refractivity contribution is 6.46. The summed E-state index contributed by atoms with van der Waals surface area (Å²) in [6, 6.07) is 6.88. The summed E-state index contributed by atoms with van der Waals surface area (Å²) in [6.07, 6.45) is -2.05. The fourth-order valence-corrected chi connectivity index (χ4v) is 2.80. The zero-order chi connectivity index (χ0) is 21.6. The third-order valence-electron chi connectivity index (χ3n) is 4.30. The summed E-state index contributed by atoms with van der Waals surface area (Å²) in [5, 5.41) is 31.9. The van der Waals surface area contributed by atoms with Gasteiger partial charge in [0.1, 0.15) is 5.75 Å². The van der Waals surface area contributed by atoms with E-state index in [0.717, 1.165) is 0 Å². The van der Waals surface area contributed by atoms with E-state index in [0.29, 0.717) is 5.56 Å². The van der Waals surface area contributed by atoms with E-state index in [9.17, 15) is 19.7 Å². The first-order valence-corrected chi connectivity index (χ1v) is 9.39. The van der Waals surface area contributed by atoms with Crippen LogP contribution in [-0.2, 0) is 25.5 Å². The molecule has 9 nitrogen and oxygen atoms in total. The summed E-state index contributed by atoms with van der Waals surface area (Å²) in [7, 11) is -1.34. The maximum absolute atomic E-state index is 11.8. The number of esters is 1. The van der Waals surface area contributed by atoms with Gasteiger partial charge in [0.05, 0.1) is 17.9 Å². The van der Waals surface area contributed by atoms with Crippen LogP contribution in [0.5, 0.6) is 5.75 Å². The van der Waals surface area contributed by atoms with Gasteiger partial charge in [-0.3, -0.25) is 9.59 Å². The summed E-state index contributed by atoms with van der Waals surface area (Å²) in [5.74, 6) is -1.59. The van der Waals surface area contributed by atoms with E-state index in [1.54, 1.807) is 32.0 Å². The van der Waals surface area contributed by atoms with Crippen molar-refractivity contribution < 1.29 is 33.8 Å². The van der Waals surface area contributed by atoms with Crippen LogP contribution in [0.4, 0.5) is 0 Å². The number of amides is 1. The van der Waals surface area contributed by atoms with E-state index >= 15 is 0 Å². The molecule has 0 saturated carbocycles. The Bertz CT molecular complexity index is 780. The average Bonchev–Trinajstić information content (AvgIpc) is 2.66. The van der Waals surface area contributed by atoms with Gasteiger partial charge in [0.2, 0.25) is 12.2 Å². The van der Waals surface area contributed by atoms with Crippen molar-refractivity contribution in [1.29, 1.82) is 5.26 Å². The molecule has 1 aliphatic rings. The Kier molecular flexibility index (Phi) is 8.02. The van der Waals surface area contributed by atoms with Crippen molar-refractivity contribution in [2.45, 2.75) is 58.6 Å². The summed E-state index contributed by atoms with van der Waals surface area (Å²) in [4.78, 5) is 23.5. The van der Waals surface area contributed by atoms with Crippen LogP contribution in [0.1, 0.15) is 51.0 Å². The quantitative estimate of drug-likeness (QED) is 0.331.